The van der Waals surface area contributed by atoms with Gasteiger partial charge in [0, 0.05) is 23.2 Å². The van der Waals surface area contributed by atoms with Crippen molar-refractivity contribution >= 4 is 11.6 Å². The van der Waals surface area contributed by atoms with Crippen LogP contribution < -0.4 is 11.5 Å². The molecule has 1 aromatic rings. The van der Waals surface area contributed by atoms with E-state index in [1.54, 1.807) is 13.0 Å². The van der Waals surface area contributed by atoms with Gasteiger partial charge in [-0.05, 0) is 31.0 Å². The highest BCUT2D eigenvalue weighted by molar-refractivity contribution is 6.31. The Morgan fingerprint density at radius 3 is 2.57 bits per heavy atom. The normalized spacial score (nSPS) is 12.9. The first kappa shape index (κ1) is 11.3. The SMILES string of the molecule is Cc1cc(Cl)c(C)c([C@@H](N)CN)c1O. The molecule has 0 spiro atoms. The molecular formula is C10H15ClN2O. The van der Waals surface area contributed by atoms with Crippen LogP contribution >= 0.6 is 11.6 Å². The van der Waals surface area contributed by atoms with Gasteiger partial charge in [-0.1, -0.05) is 11.6 Å². The molecule has 0 fully saturated rings. The van der Waals surface area contributed by atoms with Gasteiger partial charge in [-0.2, -0.15) is 0 Å². The third-order valence-corrected chi connectivity index (χ3v) is 2.75. The van der Waals surface area contributed by atoms with Gasteiger partial charge in [-0.25, -0.2) is 0 Å². The van der Waals surface area contributed by atoms with Crippen molar-refractivity contribution in [3.05, 3.63) is 27.8 Å². The molecule has 0 radical (unpaired) electrons. The van der Waals surface area contributed by atoms with Gasteiger partial charge in [0.1, 0.15) is 5.75 Å². The number of aromatic hydroxyl groups is 1. The summed E-state index contributed by atoms with van der Waals surface area (Å²) in [7, 11) is 0. The van der Waals surface area contributed by atoms with Crippen molar-refractivity contribution in [1.29, 1.82) is 0 Å². The van der Waals surface area contributed by atoms with E-state index in [2.05, 4.69) is 0 Å². The van der Waals surface area contributed by atoms with Crippen LogP contribution in [0.3, 0.4) is 0 Å². The van der Waals surface area contributed by atoms with Crippen LogP contribution in [0, 0.1) is 13.8 Å². The maximum absolute atomic E-state index is 9.81. The fourth-order valence-corrected chi connectivity index (χ4v) is 1.72. The van der Waals surface area contributed by atoms with E-state index in [0.29, 0.717) is 10.6 Å². The summed E-state index contributed by atoms with van der Waals surface area (Å²) in [6.07, 6.45) is 0. The molecule has 0 saturated heterocycles. The summed E-state index contributed by atoms with van der Waals surface area (Å²) in [4.78, 5) is 0. The summed E-state index contributed by atoms with van der Waals surface area (Å²) >= 11 is 5.98. The van der Waals surface area contributed by atoms with Crippen molar-refractivity contribution in [2.45, 2.75) is 19.9 Å². The van der Waals surface area contributed by atoms with E-state index in [0.717, 1.165) is 11.1 Å². The second-order valence-corrected chi connectivity index (χ2v) is 3.81. The Bertz CT molecular complexity index is 326. The van der Waals surface area contributed by atoms with E-state index in [1.165, 1.54) is 0 Å². The predicted molar refractivity (Wildman–Crippen MR) is 58.6 cm³/mol. The van der Waals surface area contributed by atoms with E-state index in [9.17, 15) is 5.11 Å². The molecule has 0 bridgehead atoms. The maximum Gasteiger partial charge on any atom is 0.123 e. The lowest BCUT2D eigenvalue weighted by molar-refractivity contribution is 0.457. The monoisotopic (exact) mass is 214 g/mol. The molecule has 4 heteroatoms. The zero-order valence-corrected chi connectivity index (χ0v) is 9.10. The first-order valence-corrected chi connectivity index (χ1v) is 4.81. The molecule has 14 heavy (non-hydrogen) atoms. The Labute approximate surface area is 88.7 Å². The van der Waals surface area contributed by atoms with Gasteiger partial charge >= 0.3 is 0 Å². The zero-order valence-electron chi connectivity index (χ0n) is 8.34. The number of hydrogen-bond acceptors (Lipinski definition) is 3. The number of rotatable bonds is 2. The topological polar surface area (TPSA) is 72.3 Å². The molecule has 0 aliphatic rings. The van der Waals surface area contributed by atoms with Crippen LogP contribution in [-0.4, -0.2) is 11.7 Å². The molecule has 0 amide bonds. The lowest BCUT2D eigenvalue weighted by atomic mass is 9.98. The molecule has 3 nitrogen and oxygen atoms in total. The third kappa shape index (κ3) is 1.85. The number of phenols is 1. The Kier molecular flexibility index (Phi) is 3.37. The van der Waals surface area contributed by atoms with Gasteiger partial charge in [-0.15, -0.1) is 0 Å². The minimum absolute atomic E-state index is 0.199. The quantitative estimate of drug-likeness (QED) is 0.701. The second-order valence-electron chi connectivity index (χ2n) is 3.40. The van der Waals surface area contributed by atoms with E-state index < -0.39 is 0 Å². The van der Waals surface area contributed by atoms with Crippen molar-refractivity contribution in [1.82, 2.24) is 0 Å². The number of benzene rings is 1. The minimum Gasteiger partial charge on any atom is -0.507 e. The molecule has 1 rings (SSSR count). The predicted octanol–water partition coefficient (Wildman–Crippen LogP) is 1.62. The number of aryl methyl sites for hydroxylation is 1. The second kappa shape index (κ2) is 4.17. The van der Waals surface area contributed by atoms with Gasteiger partial charge in [-0.3, -0.25) is 0 Å². The molecule has 5 N–H and O–H groups in total. The molecule has 0 aliphatic heterocycles. The Morgan fingerprint density at radius 1 is 1.50 bits per heavy atom. The Balaban J connectivity index is 3.39. The van der Waals surface area contributed by atoms with Crippen molar-refractivity contribution < 1.29 is 5.11 Å². The van der Waals surface area contributed by atoms with E-state index >= 15 is 0 Å². The first-order chi connectivity index (χ1) is 6.49. The molecule has 1 atom stereocenters. The van der Waals surface area contributed by atoms with Gasteiger partial charge in [0.05, 0.1) is 0 Å². The third-order valence-electron chi connectivity index (χ3n) is 2.36. The standard InChI is InChI=1S/C10H15ClN2O/c1-5-3-7(11)6(2)9(10(5)14)8(13)4-12/h3,8,14H,4,12-13H2,1-2H3/t8-/m0/s1. The first-order valence-electron chi connectivity index (χ1n) is 4.43. The molecule has 0 aromatic heterocycles. The van der Waals surface area contributed by atoms with Crippen LogP contribution in [0.2, 0.25) is 5.02 Å². The molecule has 0 unspecified atom stereocenters. The molecule has 0 aliphatic carbocycles. The van der Waals surface area contributed by atoms with Crippen LogP contribution in [0.1, 0.15) is 22.7 Å². The molecule has 0 saturated carbocycles. The summed E-state index contributed by atoms with van der Waals surface area (Å²) in [5, 5.41) is 10.4. The molecular weight excluding hydrogens is 200 g/mol. The summed E-state index contributed by atoms with van der Waals surface area (Å²) in [5.74, 6) is 0.199. The zero-order chi connectivity index (χ0) is 10.9. The van der Waals surface area contributed by atoms with Crippen LogP contribution in [0.25, 0.3) is 0 Å². The number of nitrogens with two attached hydrogens (primary N) is 2. The summed E-state index contributed by atoms with van der Waals surface area (Å²) in [5.41, 5.74) is 13.4. The number of phenolic OH excluding ortho intramolecular Hbond substituents is 1. The van der Waals surface area contributed by atoms with E-state index in [-0.39, 0.29) is 18.3 Å². The minimum atomic E-state index is -0.368. The van der Waals surface area contributed by atoms with Gasteiger partial charge in [0.2, 0.25) is 0 Å². The van der Waals surface area contributed by atoms with E-state index in [4.69, 9.17) is 23.1 Å². The molecule has 78 valence electrons. The van der Waals surface area contributed by atoms with Crippen molar-refractivity contribution in [2.75, 3.05) is 6.54 Å². The van der Waals surface area contributed by atoms with Gasteiger partial charge in [0.15, 0.2) is 0 Å². The van der Waals surface area contributed by atoms with Crippen LogP contribution in [0.5, 0.6) is 5.75 Å². The van der Waals surface area contributed by atoms with Gasteiger partial charge < -0.3 is 16.6 Å². The smallest absolute Gasteiger partial charge is 0.123 e. The highest BCUT2D eigenvalue weighted by Crippen LogP contribution is 2.34. The van der Waals surface area contributed by atoms with Gasteiger partial charge in [0.25, 0.3) is 0 Å². The van der Waals surface area contributed by atoms with Crippen molar-refractivity contribution in [2.24, 2.45) is 11.5 Å². The van der Waals surface area contributed by atoms with E-state index in [1.807, 2.05) is 6.92 Å². The highest BCUT2D eigenvalue weighted by atomic mass is 35.5. The van der Waals surface area contributed by atoms with Crippen LogP contribution in [-0.2, 0) is 0 Å². The molecule has 0 heterocycles. The summed E-state index contributed by atoms with van der Waals surface area (Å²) < 4.78 is 0. The largest absolute Gasteiger partial charge is 0.507 e. The van der Waals surface area contributed by atoms with Crippen LogP contribution in [0.4, 0.5) is 0 Å². The van der Waals surface area contributed by atoms with Crippen LogP contribution in [0.15, 0.2) is 6.07 Å². The van der Waals surface area contributed by atoms with Crippen molar-refractivity contribution in [3.8, 4) is 5.75 Å². The fraction of sp³-hybridized carbons (Fsp3) is 0.400. The Morgan fingerprint density at radius 2 is 2.07 bits per heavy atom. The lowest BCUT2D eigenvalue weighted by Crippen LogP contribution is -2.22. The van der Waals surface area contributed by atoms with Crippen molar-refractivity contribution in [3.63, 3.8) is 0 Å². The average molecular weight is 215 g/mol. The highest BCUT2D eigenvalue weighted by Gasteiger charge is 2.16. The molecule has 1 aromatic carbocycles. The number of halogens is 1. The summed E-state index contributed by atoms with van der Waals surface area (Å²) in [6.45, 7) is 3.90. The summed E-state index contributed by atoms with van der Waals surface area (Å²) in [6, 6.07) is 1.35. The Hall–Kier alpha value is -0.770. The maximum atomic E-state index is 9.81. The lowest BCUT2D eigenvalue weighted by Gasteiger charge is -2.17. The average Bonchev–Trinajstić information content (AvgIpc) is 2.15. The number of hydrogen-bond donors (Lipinski definition) is 3. The fourth-order valence-electron chi connectivity index (χ4n) is 1.46.